The molecule has 14 heavy (non-hydrogen) atoms. The van der Waals surface area contributed by atoms with E-state index in [0.717, 1.165) is 10.0 Å². The molecule has 0 aliphatic rings. The summed E-state index contributed by atoms with van der Waals surface area (Å²) in [6.45, 7) is 1.98. The van der Waals surface area contributed by atoms with Crippen LogP contribution >= 0.6 is 15.9 Å². The minimum absolute atomic E-state index is 0. The normalized spacial score (nSPS) is 7.86. The molecule has 3 N–H and O–H groups in total. The van der Waals surface area contributed by atoms with Gasteiger partial charge >= 0.3 is 35.7 Å². The topological polar surface area (TPSA) is 77.8 Å². The van der Waals surface area contributed by atoms with E-state index in [0.29, 0.717) is 5.75 Å². The molecule has 0 saturated heterocycles. The van der Waals surface area contributed by atoms with E-state index in [1.165, 1.54) is 0 Å². The molecule has 74 valence electrons. The maximum atomic E-state index is 9.00. The van der Waals surface area contributed by atoms with Gasteiger partial charge in [0.25, 0.3) is 0 Å². The molecule has 0 radical (unpaired) electrons. The maximum absolute atomic E-state index is 9.00. The van der Waals surface area contributed by atoms with Crippen LogP contribution in [0.1, 0.15) is 5.56 Å². The molecule has 0 fully saturated rings. The van der Waals surface area contributed by atoms with Crippen molar-refractivity contribution in [3.05, 3.63) is 28.2 Å². The van der Waals surface area contributed by atoms with Gasteiger partial charge < -0.3 is 15.3 Å². The van der Waals surface area contributed by atoms with Crippen molar-refractivity contribution in [2.75, 3.05) is 0 Å². The van der Waals surface area contributed by atoms with Crippen molar-refractivity contribution >= 4 is 51.6 Å². The van der Waals surface area contributed by atoms with Gasteiger partial charge in [0.05, 0.1) is 4.47 Å². The number of phenolic OH excluding ortho intramolecular Hbond substituents is 1. The number of halogens is 1. The van der Waals surface area contributed by atoms with Gasteiger partial charge in [0.15, 0.2) is 0 Å². The third-order valence-corrected chi connectivity index (χ3v) is 1.74. The van der Waals surface area contributed by atoms with E-state index in [2.05, 4.69) is 15.9 Å². The molecule has 1 aromatic carbocycles. The van der Waals surface area contributed by atoms with Gasteiger partial charge in [-0.3, -0.25) is 0 Å². The number of phenols is 1. The van der Waals surface area contributed by atoms with E-state index in [-0.39, 0.29) is 29.6 Å². The molecule has 1 aromatic rings. The average molecular weight is 273 g/mol. The Balaban J connectivity index is 0. The Bertz CT molecular complexity index is 299. The second kappa shape index (κ2) is 8.11. The molecule has 0 aliphatic heterocycles. The number of rotatable bonds is 0. The van der Waals surface area contributed by atoms with Crippen LogP contribution in [0.25, 0.3) is 0 Å². The molecule has 0 aromatic heterocycles. The van der Waals surface area contributed by atoms with Crippen molar-refractivity contribution in [1.82, 2.24) is 0 Å². The van der Waals surface area contributed by atoms with Gasteiger partial charge in [0.2, 0.25) is 0 Å². The zero-order valence-corrected chi connectivity index (χ0v) is 8.45. The zero-order chi connectivity index (χ0) is 10.4. The Morgan fingerprint density at radius 3 is 2.07 bits per heavy atom. The van der Waals surface area contributed by atoms with Gasteiger partial charge in [-0.05, 0) is 40.5 Å². The van der Waals surface area contributed by atoms with E-state index < -0.39 is 6.16 Å². The van der Waals surface area contributed by atoms with Crippen molar-refractivity contribution < 1.29 is 20.1 Å². The number of benzene rings is 1. The first-order valence-electron chi connectivity index (χ1n) is 3.30. The van der Waals surface area contributed by atoms with Gasteiger partial charge in [-0.15, -0.1) is 0 Å². The Morgan fingerprint density at radius 2 is 1.79 bits per heavy atom. The van der Waals surface area contributed by atoms with Crippen molar-refractivity contribution in [3.8, 4) is 5.75 Å². The Hall–Kier alpha value is -0.230. The number of hydrogen-bond acceptors (Lipinski definition) is 2. The summed E-state index contributed by atoms with van der Waals surface area (Å²) < 4.78 is 0.752. The summed E-state index contributed by atoms with van der Waals surface area (Å²) in [5, 5.41) is 22.9. The Labute approximate surface area is 112 Å². The first-order chi connectivity index (χ1) is 5.93. The fourth-order valence-corrected chi connectivity index (χ4v) is 1.11. The molecule has 0 amide bonds. The Kier molecular flexibility index (Phi) is 9.39. The van der Waals surface area contributed by atoms with Crippen LogP contribution in [0.4, 0.5) is 4.79 Å². The zero-order valence-electron chi connectivity index (χ0n) is 6.86. The van der Waals surface area contributed by atoms with Crippen molar-refractivity contribution in [1.29, 1.82) is 0 Å². The van der Waals surface area contributed by atoms with Crippen LogP contribution in [0.5, 0.6) is 5.75 Å². The summed E-state index contributed by atoms with van der Waals surface area (Å²) in [5.41, 5.74) is 1.14. The second-order valence-corrected chi connectivity index (χ2v) is 3.09. The first kappa shape index (κ1) is 16.2. The van der Waals surface area contributed by atoms with Gasteiger partial charge in [-0.1, -0.05) is 6.07 Å². The van der Waals surface area contributed by atoms with Crippen LogP contribution in [0.3, 0.4) is 0 Å². The monoisotopic (exact) mass is 272 g/mol. The summed E-state index contributed by atoms with van der Waals surface area (Å²) in [6, 6.07) is 5.40. The molecular formula is C8H10BrNaO4. The molecule has 4 nitrogen and oxygen atoms in total. The second-order valence-electron chi connectivity index (χ2n) is 2.24. The van der Waals surface area contributed by atoms with Gasteiger partial charge in [-0.25, -0.2) is 4.79 Å². The number of hydrogen-bond donors (Lipinski definition) is 3. The summed E-state index contributed by atoms with van der Waals surface area (Å²) in [5.74, 6) is 0.292. The fraction of sp³-hybridized carbons (Fsp3) is 0.125. The van der Waals surface area contributed by atoms with E-state index in [1.54, 1.807) is 6.07 Å². The molecule has 6 heteroatoms. The van der Waals surface area contributed by atoms with E-state index in [1.807, 2.05) is 19.1 Å². The van der Waals surface area contributed by atoms with Crippen LogP contribution in [0.15, 0.2) is 22.7 Å². The number of carboxylic acid groups (broad SMARTS) is 2. The third-order valence-electron chi connectivity index (χ3n) is 1.10. The summed E-state index contributed by atoms with van der Waals surface area (Å²) in [7, 11) is 0. The molecule has 0 aliphatic carbocycles. The summed E-state index contributed by atoms with van der Waals surface area (Å²) in [4.78, 5) is 8.56. The summed E-state index contributed by atoms with van der Waals surface area (Å²) >= 11 is 3.20. The minimum atomic E-state index is -1.83. The molecule has 0 saturated carbocycles. The molecule has 1 rings (SSSR count). The van der Waals surface area contributed by atoms with Crippen molar-refractivity contribution in [2.45, 2.75) is 6.92 Å². The van der Waals surface area contributed by atoms with Gasteiger partial charge in [-0.2, -0.15) is 0 Å². The standard InChI is InChI=1S/C7H7BrO.CH2O3.Na.H/c1-5-2-3-7(9)6(8)4-5;2-1(3)4;;/h2-4,9H,1H3;(H2,2,3,4);;. The summed E-state index contributed by atoms with van der Waals surface area (Å²) in [6.07, 6.45) is -1.83. The van der Waals surface area contributed by atoms with E-state index >= 15 is 0 Å². The first-order valence-corrected chi connectivity index (χ1v) is 4.09. The number of aromatic hydroxyl groups is 1. The quantitative estimate of drug-likeness (QED) is 0.632. The third kappa shape index (κ3) is 8.37. The molecular weight excluding hydrogens is 263 g/mol. The fourth-order valence-electron chi connectivity index (χ4n) is 0.612. The molecule has 0 atom stereocenters. The van der Waals surface area contributed by atoms with Gasteiger partial charge in [0.1, 0.15) is 5.75 Å². The molecule has 0 heterocycles. The van der Waals surface area contributed by atoms with Crippen molar-refractivity contribution in [3.63, 3.8) is 0 Å². The molecule has 0 bridgehead atoms. The van der Waals surface area contributed by atoms with Crippen molar-refractivity contribution in [2.24, 2.45) is 0 Å². The van der Waals surface area contributed by atoms with Crippen LogP contribution in [-0.4, -0.2) is 51.0 Å². The van der Waals surface area contributed by atoms with E-state index in [9.17, 15) is 0 Å². The van der Waals surface area contributed by atoms with Crippen LogP contribution in [0.2, 0.25) is 0 Å². The van der Waals surface area contributed by atoms with Crippen LogP contribution in [0, 0.1) is 6.92 Å². The van der Waals surface area contributed by atoms with Gasteiger partial charge in [0, 0.05) is 0 Å². The number of carbonyl (C=O) groups is 1. The van der Waals surface area contributed by atoms with Crippen LogP contribution < -0.4 is 0 Å². The SMILES string of the molecule is Cc1ccc(O)c(Br)c1.O=C(O)O.[NaH]. The average Bonchev–Trinajstić information content (AvgIpc) is 1.96. The number of aryl methyl sites for hydroxylation is 1. The Morgan fingerprint density at radius 1 is 1.36 bits per heavy atom. The van der Waals surface area contributed by atoms with E-state index in [4.69, 9.17) is 20.1 Å². The molecule has 0 unspecified atom stereocenters. The van der Waals surface area contributed by atoms with Crippen LogP contribution in [-0.2, 0) is 0 Å². The predicted molar refractivity (Wildman–Crippen MR) is 58.3 cm³/mol. The molecule has 0 spiro atoms. The predicted octanol–water partition coefficient (Wildman–Crippen LogP) is 2.04.